The van der Waals surface area contributed by atoms with Crippen molar-refractivity contribution in [3.8, 4) is 11.5 Å². The minimum atomic E-state index is -1.33. The number of ether oxygens (including phenoxy) is 1. The average molecular weight is 522 g/mol. The fraction of sp³-hybridized carbons (Fsp3) is 0.250. The molecule has 0 aliphatic heterocycles. The normalized spacial score (nSPS) is 12.7. The van der Waals surface area contributed by atoms with Crippen LogP contribution in [0.4, 0.5) is 4.39 Å². The van der Waals surface area contributed by atoms with Gasteiger partial charge in [0.25, 0.3) is 5.56 Å². The van der Waals surface area contributed by atoms with Gasteiger partial charge in [0.1, 0.15) is 24.2 Å². The number of alkyl halides is 1. The SMILES string of the molecule is C=C(O)CC(NC(=O)[C@H](CC)n1cnc2ccc(Oc3ccc(Cl)cc3Cl)cc2c1=O)C(=O)CF. The van der Waals surface area contributed by atoms with E-state index in [1.165, 1.54) is 18.5 Å². The van der Waals surface area contributed by atoms with E-state index in [9.17, 15) is 23.9 Å². The molecule has 0 fully saturated rings. The molecule has 1 aromatic heterocycles. The molecule has 8 nitrogen and oxygen atoms in total. The molecule has 1 heterocycles. The monoisotopic (exact) mass is 521 g/mol. The number of aliphatic hydroxyl groups is 1. The predicted molar refractivity (Wildman–Crippen MR) is 131 cm³/mol. The first-order valence-electron chi connectivity index (χ1n) is 10.5. The Morgan fingerprint density at radius 3 is 2.63 bits per heavy atom. The third-order valence-electron chi connectivity index (χ3n) is 5.18. The predicted octanol–water partition coefficient (Wildman–Crippen LogP) is 4.93. The molecule has 1 unspecified atom stereocenters. The van der Waals surface area contributed by atoms with Crippen LogP contribution in [0.1, 0.15) is 25.8 Å². The standard InChI is InChI=1S/C24H22Cl2FN3O5/c1-3-20(23(33)29-19(8-13(2)31)21(32)11-27)30-12-28-18-6-5-15(10-16(18)24(30)34)35-22-7-4-14(25)9-17(22)26/h4-7,9-10,12,19-20,31H,2-3,8,11H2,1H3,(H,29,33)/t19?,20-/m0/s1. The first-order valence-corrected chi connectivity index (χ1v) is 11.3. The number of aromatic nitrogens is 2. The number of carbonyl (C=O) groups excluding carboxylic acids is 2. The van der Waals surface area contributed by atoms with Crippen molar-refractivity contribution in [2.45, 2.75) is 31.8 Å². The van der Waals surface area contributed by atoms with Gasteiger partial charge in [0, 0.05) is 11.4 Å². The number of rotatable bonds is 10. The Balaban J connectivity index is 1.94. The molecule has 0 saturated heterocycles. The molecule has 0 aliphatic carbocycles. The molecule has 11 heteroatoms. The molecular formula is C24H22Cl2FN3O5. The first-order chi connectivity index (χ1) is 16.6. The van der Waals surface area contributed by atoms with Crippen LogP contribution in [0, 0.1) is 0 Å². The maximum atomic E-state index is 13.3. The maximum absolute atomic E-state index is 13.3. The molecule has 0 spiro atoms. The second-order valence-electron chi connectivity index (χ2n) is 7.67. The lowest BCUT2D eigenvalue weighted by Crippen LogP contribution is -2.46. The van der Waals surface area contributed by atoms with Gasteiger partial charge in [-0.05, 0) is 42.8 Å². The maximum Gasteiger partial charge on any atom is 0.262 e. The van der Waals surface area contributed by atoms with Gasteiger partial charge in [0.05, 0.1) is 34.1 Å². The van der Waals surface area contributed by atoms with Crippen molar-refractivity contribution in [3.63, 3.8) is 0 Å². The summed E-state index contributed by atoms with van der Waals surface area (Å²) in [6.07, 6.45) is 1.06. The van der Waals surface area contributed by atoms with E-state index in [-0.39, 0.29) is 29.0 Å². The molecular weight excluding hydrogens is 500 g/mol. The van der Waals surface area contributed by atoms with Crippen LogP contribution in [0.25, 0.3) is 10.9 Å². The number of fused-ring (bicyclic) bond motifs is 1. The lowest BCUT2D eigenvalue weighted by atomic mass is 10.1. The molecule has 0 saturated carbocycles. The van der Waals surface area contributed by atoms with Gasteiger partial charge in [0.2, 0.25) is 5.91 Å². The lowest BCUT2D eigenvalue weighted by Gasteiger charge is -2.22. The lowest BCUT2D eigenvalue weighted by molar-refractivity contribution is -0.130. The molecule has 3 aromatic rings. The number of amides is 1. The molecule has 1 amide bonds. The number of nitrogens with one attached hydrogen (secondary N) is 1. The van der Waals surface area contributed by atoms with Crippen LogP contribution in [0.15, 0.2) is 59.9 Å². The van der Waals surface area contributed by atoms with Crippen LogP contribution in [0.3, 0.4) is 0 Å². The van der Waals surface area contributed by atoms with Crippen LogP contribution >= 0.6 is 23.2 Å². The molecule has 0 bridgehead atoms. The summed E-state index contributed by atoms with van der Waals surface area (Å²) in [6.45, 7) is 3.62. The topological polar surface area (TPSA) is 111 Å². The van der Waals surface area contributed by atoms with Crippen molar-refractivity contribution in [2.24, 2.45) is 0 Å². The smallest absolute Gasteiger partial charge is 0.262 e. The quantitative estimate of drug-likeness (QED) is 0.366. The van der Waals surface area contributed by atoms with Gasteiger partial charge in [-0.15, -0.1) is 0 Å². The number of nitrogens with zero attached hydrogens (tertiary/aromatic N) is 2. The van der Waals surface area contributed by atoms with E-state index in [4.69, 9.17) is 27.9 Å². The zero-order chi connectivity index (χ0) is 25.7. The highest BCUT2D eigenvalue weighted by molar-refractivity contribution is 6.35. The highest BCUT2D eigenvalue weighted by atomic mass is 35.5. The van der Waals surface area contributed by atoms with Gasteiger partial charge in [0.15, 0.2) is 5.78 Å². The van der Waals surface area contributed by atoms with Crippen LogP contribution in [-0.4, -0.2) is 39.1 Å². The summed E-state index contributed by atoms with van der Waals surface area (Å²) < 4.78 is 19.8. The summed E-state index contributed by atoms with van der Waals surface area (Å²) in [5.74, 6) is -1.37. The molecule has 184 valence electrons. The van der Waals surface area contributed by atoms with Gasteiger partial charge in [-0.2, -0.15) is 0 Å². The summed E-state index contributed by atoms with van der Waals surface area (Å²) in [7, 11) is 0. The Hall–Kier alpha value is -3.43. The van der Waals surface area contributed by atoms with Crippen molar-refractivity contribution < 1.29 is 23.8 Å². The molecule has 35 heavy (non-hydrogen) atoms. The van der Waals surface area contributed by atoms with Gasteiger partial charge in [-0.25, -0.2) is 9.37 Å². The number of halogens is 3. The Bertz CT molecular complexity index is 1340. The molecule has 3 rings (SSSR count). The van der Waals surface area contributed by atoms with Gasteiger partial charge >= 0.3 is 0 Å². The Morgan fingerprint density at radius 2 is 2.00 bits per heavy atom. The summed E-state index contributed by atoms with van der Waals surface area (Å²) in [6, 6.07) is 7.03. The number of benzene rings is 2. The van der Waals surface area contributed by atoms with E-state index in [0.29, 0.717) is 22.0 Å². The van der Waals surface area contributed by atoms with Crippen LogP contribution in [0.2, 0.25) is 10.0 Å². The summed E-state index contributed by atoms with van der Waals surface area (Å²) in [4.78, 5) is 42.3. The van der Waals surface area contributed by atoms with Gasteiger partial charge in [-0.1, -0.05) is 36.7 Å². The van der Waals surface area contributed by atoms with E-state index < -0.39 is 36.0 Å². The molecule has 2 aromatic carbocycles. The highest BCUT2D eigenvalue weighted by Gasteiger charge is 2.27. The number of ketones is 1. The number of hydrogen-bond acceptors (Lipinski definition) is 6. The number of carbonyl (C=O) groups is 2. The largest absolute Gasteiger partial charge is 0.513 e. The zero-order valence-electron chi connectivity index (χ0n) is 18.6. The van der Waals surface area contributed by atoms with E-state index in [1.807, 2.05) is 0 Å². The van der Waals surface area contributed by atoms with E-state index in [0.717, 1.165) is 4.57 Å². The van der Waals surface area contributed by atoms with Gasteiger partial charge in [-0.3, -0.25) is 19.0 Å². The van der Waals surface area contributed by atoms with Crippen molar-refractivity contribution in [3.05, 3.63) is 75.5 Å². The highest BCUT2D eigenvalue weighted by Crippen LogP contribution is 2.32. The average Bonchev–Trinajstić information content (AvgIpc) is 2.81. The van der Waals surface area contributed by atoms with E-state index in [1.54, 1.807) is 31.2 Å². The van der Waals surface area contributed by atoms with E-state index in [2.05, 4.69) is 16.9 Å². The fourth-order valence-corrected chi connectivity index (χ4v) is 3.88. The molecule has 2 N–H and O–H groups in total. The molecule has 2 atom stereocenters. The summed E-state index contributed by atoms with van der Waals surface area (Å²) >= 11 is 12.1. The van der Waals surface area contributed by atoms with Crippen molar-refractivity contribution >= 4 is 45.8 Å². The second-order valence-corrected chi connectivity index (χ2v) is 8.51. The number of aliphatic hydroxyl groups excluding tert-OH is 1. The summed E-state index contributed by atoms with van der Waals surface area (Å²) in [5.41, 5.74) is -0.150. The third-order valence-corrected chi connectivity index (χ3v) is 5.71. The second kappa shape index (κ2) is 11.3. The van der Waals surface area contributed by atoms with Crippen molar-refractivity contribution in [2.75, 3.05) is 6.67 Å². The minimum absolute atomic E-state index is 0.173. The Morgan fingerprint density at radius 1 is 1.26 bits per heavy atom. The minimum Gasteiger partial charge on any atom is -0.513 e. The summed E-state index contributed by atoms with van der Waals surface area (Å²) in [5, 5.41) is 12.7. The van der Waals surface area contributed by atoms with Crippen LogP contribution in [-0.2, 0) is 9.59 Å². The fourth-order valence-electron chi connectivity index (χ4n) is 3.44. The molecule has 0 radical (unpaired) electrons. The van der Waals surface area contributed by atoms with Crippen molar-refractivity contribution in [1.82, 2.24) is 14.9 Å². The van der Waals surface area contributed by atoms with Crippen LogP contribution in [0.5, 0.6) is 11.5 Å². The van der Waals surface area contributed by atoms with Gasteiger partial charge < -0.3 is 15.2 Å². The zero-order valence-corrected chi connectivity index (χ0v) is 20.1. The Kier molecular flexibility index (Phi) is 8.48. The number of hydrogen-bond donors (Lipinski definition) is 2. The van der Waals surface area contributed by atoms with Crippen LogP contribution < -0.4 is 15.6 Å². The molecule has 0 aliphatic rings. The number of Topliss-reactive ketones (excluding diaryl/α,β-unsaturated/α-hetero) is 1. The third kappa shape index (κ3) is 6.17. The van der Waals surface area contributed by atoms with Crippen molar-refractivity contribution in [1.29, 1.82) is 0 Å². The Labute approximate surface area is 209 Å². The first kappa shape index (κ1) is 26.2. The van der Waals surface area contributed by atoms with E-state index >= 15 is 0 Å².